The summed E-state index contributed by atoms with van der Waals surface area (Å²) in [6.45, 7) is 6.31. The van der Waals surface area contributed by atoms with Crippen LogP contribution < -0.4 is 0 Å². The molecule has 0 saturated heterocycles. The van der Waals surface area contributed by atoms with Crippen molar-refractivity contribution in [1.82, 2.24) is 0 Å². The molecule has 1 rings (SSSR count). The van der Waals surface area contributed by atoms with Crippen molar-refractivity contribution in [1.29, 1.82) is 0 Å². The molecule has 0 bridgehead atoms. The number of Topliss-reactive ketones (excluding diaryl/α,β-unsaturated/α-hetero) is 1. The molecule has 168 valence electrons. The minimum absolute atomic E-state index is 0.198. The van der Waals surface area contributed by atoms with E-state index in [2.05, 4.69) is 13.8 Å². The van der Waals surface area contributed by atoms with E-state index in [1.165, 1.54) is 0 Å². The molecular weight excluding hydrogens is 384 g/mol. The summed E-state index contributed by atoms with van der Waals surface area (Å²) >= 11 is 0. The second kappa shape index (κ2) is 14.7. The Kier molecular flexibility index (Phi) is 12.7. The predicted molar refractivity (Wildman–Crippen MR) is 115 cm³/mol. The smallest absolute Gasteiger partial charge is 0.356 e. The maximum Gasteiger partial charge on any atom is 0.394 e. The number of hydrogen-bond acceptors (Lipinski definition) is 6. The molecule has 0 heterocycles. The summed E-state index contributed by atoms with van der Waals surface area (Å²) in [4.78, 5) is 47.8. The summed E-state index contributed by atoms with van der Waals surface area (Å²) in [5, 5.41) is 0. The van der Waals surface area contributed by atoms with Crippen LogP contribution in [0.4, 0.5) is 0 Å². The van der Waals surface area contributed by atoms with Gasteiger partial charge >= 0.3 is 11.9 Å². The van der Waals surface area contributed by atoms with Gasteiger partial charge in [-0.3, -0.25) is 4.79 Å². The highest BCUT2D eigenvalue weighted by Crippen LogP contribution is 2.27. The highest BCUT2D eigenvalue weighted by molar-refractivity contribution is 6.07. The highest BCUT2D eigenvalue weighted by Gasteiger charge is 2.48. The van der Waals surface area contributed by atoms with Crippen LogP contribution in [0.2, 0.25) is 0 Å². The molecule has 0 saturated carbocycles. The third kappa shape index (κ3) is 8.27. The highest BCUT2D eigenvalue weighted by atomic mass is 17.2. The normalized spacial score (nSPS) is 12.8. The van der Waals surface area contributed by atoms with Gasteiger partial charge in [0.2, 0.25) is 5.60 Å². The summed E-state index contributed by atoms with van der Waals surface area (Å²) in [6.07, 6.45) is 7.25. The van der Waals surface area contributed by atoms with Crippen molar-refractivity contribution in [3.8, 4) is 0 Å². The average molecular weight is 421 g/mol. The molecule has 0 spiro atoms. The molecule has 0 aromatic heterocycles. The zero-order valence-corrected chi connectivity index (χ0v) is 18.6. The summed E-state index contributed by atoms with van der Waals surface area (Å²) in [5.41, 5.74) is -1.48. The van der Waals surface area contributed by atoms with Crippen LogP contribution in [0.1, 0.15) is 95.3 Å². The first-order valence-electron chi connectivity index (χ1n) is 11.2. The van der Waals surface area contributed by atoms with Crippen molar-refractivity contribution in [3.05, 3.63) is 35.9 Å². The number of ketones is 1. The number of hydrogen-bond donors (Lipinski definition) is 0. The van der Waals surface area contributed by atoms with Crippen LogP contribution >= 0.6 is 0 Å². The average Bonchev–Trinajstić information content (AvgIpc) is 2.77. The van der Waals surface area contributed by atoms with Gasteiger partial charge in [0.15, 0.2) is 5.78 Å². The van der Waals surface area contributed by atoms with Gasteiger partial charge in [0.05, 0.1) is 5.56 Å². The maximum absolute atomic E-state index is 13.0. The lowest BCUT2D eigenvalue weighted by atomic mass is 9.88. The molecule has 0 N–H and O–H groups in total. The first kappa shape index (κ1) is 25.8. The number of unbranched alkanes of at least 4 members (excludes halogenated alkanes) is 5. The van der Waals surface area contributed by atoms with Gasteiger partial charge in [0.1, 0.15) is 0 Å². The van der Waals surface area contributed by atoms with E-state index in [0.29, 0.717) is 12.8 Å². The van der Waals surface area contributed by atoms with Crippen molar-refractivity contribution >= 4 is 17.7 Å². The van der Waals surface area contributed by atoms with Gasteiger partial charge in [0.25, 0.3) is 0 Å². The van der Waals surface area contributed by atoms with Crippen LogP contribution in [0.3, 0.4) is 0 Å². The lowest BCUT2D eigenvalue weighted by molar-refractivity contribution is -0.253. The summed E-state index contributed by atoms with van der Waals surface area (Å²) < 4.78 is 5.91. The molecule has 0 aliphatic rings. The first-order valence-corrected chi connectivity index (χ1v) is 11.2. The van der Waals surface area contributed by atoms with Gasteiger partial charge < -0.3 is 4.74 Å². The Morgan fingerprint density at radius 2 is 1.47 bits per heavy atom. The van der Waals surface area contributed by atoms with Crippen LogP contribution in [0.15, 0.2) is 30.3 Å². The molecule has 6 heteroatoms. The number of carbonyl (C=O) groups excluding carboxylic acids is 3. The molecule has 1 aromatic rings. The minimum Gasteiger partial charge on any atom is -0.356 e. The van der Waals surface area contributed by atoms with Gasteiger partial charge in [0, 0.05) is 13.0 Å². The molecule has 30 heavy (non-hydrogen) atoms. The van der Waals surface area contributed by atoms with E-state index in [4.69, 9.17) is 14.5 Å². The Hall–Kier alpha value is -2.21. The third-order valence-electron chi connectivity index (χ3n) is 4.94. The van der Waals surface area contributed by atoms with Crippen molar-refractivity contribution in [3.63, 3.8) is 0 Å². The Morgan fingerprint density at radius 3 is 2.10 bits per heavy atom. The van der Waals surface area contributed by atoms with E-state index in [0.717, 1.165) is 38.5 Å². The van der Waals surface area contributed by atoms with Crippen LogP contribution in [0.25, 0.3) is 0 Å². The van der Waals surface area contributed by atoms with Crippen LogP contribution in [0.5, 0.6) is 0 Å². The fourth-order valence-electron chi connectivity index (χ4n) is 3.16. The van der Waals surface area contributed by atoms with E-state index >= 15 is 0 Å². The van der Waals surface area contributed by atoms with E-state index in [1.807, 2.05) is 6.92 Å². The van der Waals surface area contributed by atoms with Crippen molar-refractivity contribution in [2.75, 3.05) is 6.61 Å². The zero-order chi connectivity index (χ0) is 22.2. The molecular formula is C24H36O6. The predicted octanol–water partition coefficient (Wildman–Crippen LogP) is 5.59. The van der Waals surface area contributed by atoms with Gasteiger partial charge in [-0.05, 0) is 37.8 Å². The van der Waals surface area contributed by atoms with Gasteiger partial charge in [-0.25, -0.2) is 19.4 Å². The summed E-state index contributed by atoms with van der Waals surface area (Å²) in [6, 6.07) is 8.23. The second-order valence-electron chi connectivity index (χ2n) is 7.47. The monoisotopic (exact) mass is 420 g/mol. The van der Waals surface area contributed by atoms with Crippen molar-refractivity contribution in [2.45, 2.75) is 90.6 Å². The first-order chi connectivity index (χ1) is 14.5. The Morgan fingerprint density at radius 1 is 0.800 bits per heavy atom. The Labute approximate surface area is 180 Å². The quantitative estimate of drug-likeness (QED) is 0.159. The topological polar surface area (TPSA) is 78.9 Å². The molecule has 0 fully saturated rings. The lowest BCUT2D eigenvalue weighted by Gasteiger charge is -2.29. The van der Waals surface area contributed by atoms with Gasteiger partial charge in [-0.15, -0.1) is 0 Å². The largest absolute Gasteiger partial charge is 0.394 e. The van der Waals surface area contributed by atoms with E-state index in [9.17, 15) is 14.4 Å². The molecule has 1 aromatic carbocycles. The zero-order valence-electron chi connectivity index (χ0n) is 18.6. The van der Waals surface area contributed by atoms with E-state index < -0.39 is 17.5 Å². The summed E-state index contributed by atoms with van der Waals surface area (Å²) in [7, 11) is 0. The molecule has 6 nitrogen and oxygen atoms in total. The lowest BCUT2D eigenvalue weighted by Crippen LogP contribution is -2.50. The van der Waals surface area contributed by atoms with Crippen molar-refractivity contribution in [2.24, 2.45) is 0 Å². The minimum atomic E-state index is -1.73. The van der Waals surface area contributed by atoms with Crippen LogP contribution in [0, 0.1) is 0 Å². The van der Waals surface area contributed by atoms with Crippen LogP contribution in [-0.4, -0.2) is 29.9 Å². The standard InChI is InChI=1S/C24H36O6/c1-4-7-9-13-18-24(21(25)15-6-3,28-19-14-8-5-2)23(27)30-29-22(26)20-16-11-10-12-17-20/h10-12,16-17H,4-9,13-15,18-19H2,1-3H3. The summed E-state index contributed by atoms with van der Waals surface area (Å²) in [5.74, 6) is -2.06. The number of ether oxygens (including phenoxy) is 1. The van der Waals surface area contributed by atoms with Crippen molar-refractivity contribution < 1.29 is 28.9 Å². The second-order valence-corrected chi connectivity index (χ2v) is 7.47. The SMILES string of the molecule is CCCCCCC(OCCCCC)(C(=O)CCC)C(=O)OOC(=O)c1ccccc1. The van der Waals surface area contributed by atoms with Crippen LogP contribution in [-0.2, 0) is 24.1 Å². The molecule has 0 aliphatic heterocycles. The van der Waals surface area contributed by atoms with Gasteiger partial charge in [-0.2, -0.15) is 0 Å². The Bertz CT molecular complexity index is 628. The Balaban J connectivity index is 2.95. The molecule has 1 unspecified atom stereocenters. The number of carbonyl (C=O) groups is 3. The number of rotatable bonds is 15. The molecule has 0 aliphatic carbocycles. The molecule has 0 amide bonds. The fraction of sp³-hybridized carbons (Fsp3) is 0.625. The van der Waals surface area contributed by atoms with Gasteiger partial charge in [-0.1, -0.05) is 71.1 Å². The molecule has 0 radical (unpaired) electrons. The fourth-order valence-corrected chi connectivity index (χ4v) is 3.16. The van der Waals surface area contributed by atoms with E-state index in [-0.39, 0.29) is 30.8 Å². The third-order valence-corrected chi connectivity index (χ3v) is 4.94. The van der Waals surface area contributed by atoms with E-state index in [1.54, 1.807) is 30.3 Å². The molecule has 1 atom stereocenters. The maximum atomic E-state index is 13.0. The number of benzene rings is 1.